The predicted octanol–water partition coefficient (Wildman–Crippen LogP) is 1.87. The Kier molecular flexibility index (Phi) is 3.64. The van der Waals surface area contributed by atoms with Crippen molar-refractivity contribution < 1.29 is 0 Å². The number of hydrogen-bond donors (Lipinski definition) is 3. The van der Waals surface area contributed by atoms with Crippen molar-refractivity contribution in [2.45, 2.75) is 6.04 Å². The Labute approximate surface area is 133 Å². The molecular formula is C15H12IN3O2. The number of nitrogens with one attached hydrogen (secondary N) is 2. The van der Waals surface area contributed by atoms with E-state index in [-0.39, 0.29) is 6.04 Å². The molecule has 1 atom stereocenters. The molecule has 1 aromatic heterocycles. The van der Waals surface area contributed by atoms with E-state index in [0.29, 0.717) is 11.0 Å². The molecule has 0 spiro atoms. The number of halogens is 1. The summed E-state index contributed by atoms with van der Waals surface area (Å²) < 4.78 is 1.14. The quantitative estimate of drug-likeness (QED) is 0.459. The summed E-state index contributed by atoms with van der Waals surface area (Å²) in [7, 11) is 0. The molecule has 4 N–H and O–H groups in total. The summed E-state index contributed by atoms with van der Waals surface area (Å²) in [4.78, 5) is 27.8. The molecular weight excluding hydrogens is 381 g/mol. The molecule has 0 fully saturated rings. The van der Waals surface area contributed by atoms with Gasteiger partial charge in [-0.3, -0.25) is 9.59 Å². The number of hydrogen-bond acceptors (Lipinski definition) is 3. The van der Waals surface area contributed by atoms with Gasteiger partial charge in [-0.2, -0.15) is 0 Å². The minimum atomic E-state index is -0.664. The topological polar surface area (TPSA) is 91.7 Å². The first-order valence-electron chi connectivity index (χ1n) is 6.32. The van der Waals surface area contributed by atoms with Gasteiger partial charge in [0.25, 0.3) is 0 Å². The van der Waals surface area contributed by atoms with Gasteiger partial charge in [0.1, 0.15) is 0 Å². The van der Waals surface area contributed by atoms with E-state index in [4.69, 9.17) is 5.73 Å². The lowest BCUT2D eigenvalue weighted by molar-refractivity contribution is 0.872. The van der Waals surface area contributed by atoms with Gasteiger partial charge in [0.05, 0.1) is 17.1 Å². The second kappa shape index (κ2) is 5.45. The Morgan fingerprint density at radius 1 is 0.857 bits per heavy atom. The second-order valence-electron chi connectivity index (χ2n) is 4.74. The molecule has 0 amide bonds. The molecule has 0 saturated heterocycles. The zero-order valence-corrected chi connectivity index (χ0v) is 13.0. The van der Waals surface area contributed by atoms with Crippen LogP contribution in [0.2, 0.25) is 0 Å². The van der Waals surface area contributed by atoms with E-state index in [2.05, 4.69) is 32.6 Å². The van der Waals surface area contributed by atoms with E-state index in [0.717, 1.165) is 14.7 Å². The van der Waals surface area contributed by atoms with Crippen LogP contribution in [0.25, 0.3) is 11.0 Å². The minimum absolute atomic E-state index is 0.290. The first-order valence-corrected chi connectivity index (χ1v) is 7.40. The molecule has 2 aromatic carbocycles. The normalized spacial score (nSPS) is 12.5. The van der Waals surface area contributed by atoms with Crippen molar-refractivity contribution in [1.82, 2.24) is 9.97 Å². The highest BCUT2D eigenvalue weighted by Crippen LogP contribution is 2.22. The Morgan fingerprint density at radius 2 is 1.43 bits per heavy atom. The number of aromatic nitrogens is 2. The van der Waals surface area contributed by atoms with Crippen molar-refractivity contribution in [2.24, 2.45) is 5.73 Å². The summed E-state index contributed by atoms with van der Waals surface area (Å²) in [6.45, 7) is 0. The van der Waals surface area contributed by atoms with Gasteiger partial charge in [0, 0.05) is 3.57 Å². The molecule has 5 nitrogen and oxygen atoms in total. The van der Waals surface area contributed by atoms with Gasteiger partial charge in [-0.05, 0) is 58.0 Å². The fraction of sp³-hybridized carbons (Fsp3) is 0.0667. The van der Waals surface area contributed by atoms with E-state index in [1.54, 1.807) is 12.1 Å². The molecule has 0 aliphatic rings. The summed E-state index contributed by atoms with van der Waals surface area (Å²) in [5.41, 5.74) is 7.94. The van der Waals surface area contributed by atoms with Crippen LogP contribution in [0.1, 0.15) is 17.2 Å². The third kappa shape index (κ3) is 2.77. The van der Waals surface area contributed by atoms with E-state index in [9.17, 15) is 9.59 Å². The molecule has 0 radical (unpaired) electrons. The van der Waals surface area contributed by atoms with Crippen LogP contribution in [0.5, 0.6) is 0 Å². The number of nitrogens with two attached hydrogens (primary N) is 1. The molecule has 3 rings (SSSR count). The zero-order valence-electron chi connectivity index (χ0n) is 10.9. The number of benzene rings is 2. The fourth-order valence-corrected chi connectivity index (χ4v) is 2.55. The maximum Gasteiger partial charge on any atom is 0.314 e. The van der Waals surface area contributed by atoms with Crippen LogP contribution in [0, 0.1) is 3.57 Å². The van der Waals surface area contributed by atoms with Crippen molar-refractivity contribution in [2.75, 3.05) is 0 Å². The molecule has 3 aromatic rings. The molecule has 1 heterocycles. The summed E-state index contributed by atoms with van der Waals surface area (Å²) in [6, 6.07) is 13.0. The fourth-order valence-electron chi connectivity index (χ4n) is 2.19. The third-order valence-electron chi connectivity index (χ3n) is 3.33. The smallest absolute Gasteiger partial charge is 0.314 e. The van der Waals surface area contributed by atoms with Crippen molar-refractivity contribution in [3.63, 3.8) is 0 Å². The first kappa shape index (κ1) is 14.0. The number of rotatable bonds is 2. The summed E-state index contributed by atoms with van der Waals surface area (Å²) in [5, 5.41) is 0. The molecule has 0 aliphatic heterocycles. The van der Waals surface area contributed by atoms with Crippen LogP contribution in [0.15, 0.2) is 52.1 Å². The third-order valence-corrected chi connectivity index (χ3v) is 4.05. The van der Waals surface area contributed by atoms with Crippen LogP contribution in [0.4, 0.5) is 0 Å². The molecule has 1 unspecified atom stereocenters. The van der Waals surface area contributed by atoms with Crippen LogP contribution in [-0.2, 0) is 0 Å². The Balaban J connectivity index is 2.08. The number of H-pyrrole nitrogens is 2. The highest BCUT2D eigenvalue weighted by Gasteiger charge is 2.10. The zero-order chi connectivity index (χ0) is 15.0. The van der Waals surface area contributed by atoms with Crippen LogP contribution < -0.4 is 16.9 Å². The highest BCUT2D eigenvalue weighted by atomic mass is 127. The van der Waals surface area contributed by atoms with E-state index in [1.807, 2.05) is 30.3 Å². The number of aromatic amines is 2. The predicted molar refractivity (Wildman–Crippen MR) is 90.4 cm³/mol. The number of fused-ring (bicyclic) bond motifs is 1. The minimum Gasteiger partial charge on any atom is -0.320 e. The maximum absolute atomic E-state index is 11.4. The van der Waals surface area contributed by atoms with Gasteiger partial charge in [-0.25, -0.2) is 0 Å². The maximum atomic E-state index is 11.4. The van der Waals surface area contributed by atoms with Crippen LogP contribution >= 0.6 is 22.6 Å². The van der Waals surface area contributed by atoms with Crippen molar-refractivity contribution in [3.05, 3.63) is 77.9 Å². The molecule has 6 heteroatoms. The van der Waals surface area contributed by atoms with Crippen LogP contribution in [-0.4, -0.2) is 9.97 Å². The van der Waals surface area contributed by atoms with E-state index in [1.165, 1.54) is 0 Å². The average Bonchev–Trinajstić information content (AvgIpc) is 2.48. The molecule has 0 saturated carbocycles. The second-order valence-corrected chi connectivity index (χ2v) is 5.99. The van der Waals surface area contributed by atoms with Crippen LogP contribution in [0.3, 0.4) is 0 Å². The summed E-state index contributed by atoms with van der Waals surface area (Å²) >= 11 is 2.24. The van der Waals surface area contributed by atoms with Crippen molar-refractivity contribution in [3.8, 4) is 0 Å². The van der Waals surface area contributed by atoms with Gasteiger partial charge in [0.15, 0.2) is 0 Å². The van der Waals surface area contributed by atoms with Crippen molar-refractivity contribution in [1.29, 1.82) is 0 Å². The van der Waals surface area contributed by atoms with Gasteiger partial charge >= 0.3 is 11.1 Å². The highest BCUT2D eigenvalue weighted by molar-refractivity contribution is 14.1. The van der Waals surface area contributed by atoms with E-state index >= 15 is 0 Å². The monoisotopic (exact) mass is 393 g/mol. The molecule has 21 heavy (non-hydrogen) atoms. The van der Waals surface area contributed by atoms with E-state index < -0.39 is 11.1 Å². The average molecular weight is 393 g/mol. The lowest BCUT2D eigenvalue weighted by Crippen LogP contribution is -2.29. The first-order chi connectivity index (χ1) is 10.0. The van der Waals surface area contributed by atoms with Gasteiger partial charge in [-0.1, -0.05) is 18.2 Å². The molecule has 106 valence electrons. The lowest BCUT2D eigenvalue weighted by atomic mass is 9.99. The Hall–Kier alpha value is -1.93. The Morgan fingerprint density at radius 3 is 2.10 bits per heavy atom. The summed E-state index contributed by atoms with van der Waals surface area (Å²) in [5.74, 6) is 0. The van der Waals surface area contributed by atoms with Gasteiger partial charge < -0.3 is 15.7 Å². The molecule has 0 bridgehead atoms. The van der Waals surface area contributed by atoms with Crippen molar-refractivity contribution >= 4 is 33.6 Å². The summed E-state index contributed by atoms with van der Waals surface area (Å²) in [6.07, 6.45) is 0. The molecule has 0 aliphatic carbocycles. The lowest BCUT2D eigenvalue weighted by Gasteiger charge is -2.13. The standard InChI is InChI=1S/C15H12IN3O2/c16-10-4-1-8(2-5-10)13(17)9-3-6-11-12(7-9)19-15(21)14(20)18-11/h1-7,13H,17H2,(H,18,20)(H,19,21). The largest absolute Gasteiger partial charge is 0.320 e. The van der Waals surface area contributed by atoms with Gasteiger partial charge in [0.2, 0.25) is 0 Å². The van der Waals surface area contributed by atoms with Gasteiger partial charge in [-0.15, -0.1) is 0 Å². The Bertz CT molecular complexity index is 913. The SMILES string of the molecule is NC(c1ccc(I)cc1)c1ccc2[nH]c(=O)c(=O)[nH]c2c1.